The van der Waals surface area contributed by atoms with E-state index in [2.05, 4.69) is 17.2 Å². The third-order valence-electron chi connectivity index (χ3n) is 4.26. The fourth-order valence-corrected chi connectivity index (χ4v) is 2.88. The lowest BCUT2D eigenvalue weighted by Crippen LogP contribution is -2.22. The lowest BCUT2D eigenvalue weighted by atomic mass is 10.2. The van der Waals surface area contributed by atoms with Gasteiger partial charge in [0.25, 0.3) is 0 Å². The first-order valence-corrected chi connectivity index (χ1v) is 9.45. The van der Waals surface area contributed by atoms with Crippen LogP contribution in [0.1, 0.15) is 12.8 Å². The fraction of sp³-hybridized carbons (Fsp3) is 0.318. The average Bonchev–Trinajstić information content (AvgIpc) is 3.24. The van der Waals surface area contributed by atoms with E-state index in [9.17, 15) is 4.79 Å². The molecule has 2 aromatic rings. The van der Waals surface area contributed by atoms with Crippen molar-refractivity contribution in [2.24, 2.45) is 0 Å². The summed E-state index contributed by atoms with van der Waals surface area (Å²) in [4.78, 5) is 12.3. The van der Waals surface area contributed by atoms with E-state index in [-0.39, 0.29) is 18.6 Å². The summed E-state index contributed by atoms with van der Waals surface area (Å²) < 4.78 is 16.9. The van der Waals surface area contributed by atoms with E-state index in [0.717, 1.165) is 30.9 Å². The smallest absolute Gasteiger partial charge is 0.243 e. The van der Waals surface area contributed by atoms with E-state index in [1.165, 1.54) is 0 Å². The van der Waals surface area contributed by atoms with Crippen molar-refractivity contribution >= 4 is 17.3 Å². The van der Waals surface area contributed by atoms with E-state index in [1.54, 1.807) is 18.2 Å². The lowest BCUT2D eigenvalue weighted by Gasteiger charge is -2.14. The Morgan fingerprint density at radius 2 is 2.11 bits per heavy atom. The molecule has 0 saturated carbocycles. The number of ether oxygens (including phenoxy) is 3. The van der Waals surface area contributed by atoms with Gasteiger partial charge >= 0.3 is 0 Å². The number of para-hydroxylation sites is 2. The van der Waals surface area contributed by atoms with Crippen LogP contribution in [0.4, 0.5) is 11.4 Å². The summed E-state index contributed by atoms with van der Waals surface area (Å²) in [6.07, 6.45) is 3.96. The number of carbonyl (C=O) groups excluding carboxylic acids is 1. The van der Waals surface area contributed by atoms with Gasteiger partial charge in [-0.3, -0.25) is 4.79 Å². The van der Waals surface area contributed by atoms with Gasteiger partial charge in [0.15, 0.2) is 0 Å². The molecule has 6 nitrogen and oxygen atoms in total. The summed E-state index contributed by atoms with van der Waals surface area (Å²) in [6.45, 7) is 5.50. The van der Waals surface area contributed by atoms with Gasteiger partial charge in [0, 0.05) is 18.4 Å². The van der Waals surface area contributed by atoms with Crippen LogP contribution >= 0.6 is 0 Å². The second kappa shape index (κ2) is 10.4. The third kappa shape index (κ3) is 6.03. The molecular weight excluding hydrogens is 356 g/mol. The quantitative estimate of drug-likeness (QED) is 0.611. The predicted molar refractivity (Wildman–Crippen MR) is 110 cm³/mol. The minimum Gasteiger partial charge on any atom is -0.491 e. The van der Waals surface area contributed by atoms with Crippen LogP contribution in [-0.2, 0) is 9.53 Å². The zero-order valence-electron chi connectivity index (χ0n) is 15.9. The largest absolute Gasteiger partial charge is 0.491 e. The molecule has 0 aliphatic carbocycles. The Labute approximate surface area is 165 Å². The fourth-order valence-electron chi connectivity index (χ4n) is 2.88. The normalized spacial score (nSPS) is 15.6. The maximum Gasteiger partial charge on any atom is 0.243 e. The molecule has 1 atom stereocenters. The monoisotopic (exact) mass is 382 g/mol. The van der Waals surface area contributed by atoms with Crippen LogP contribution in [0.2, 0.25) is 0 Å². The van der Waals surface area contributed by atoms with Gasteiger partial charge in [-0.1, -0.05) is 30.9 Å². The third-order valence-corrected chi connectivity index (χ3v) is 4.26. The van der Waals surface area contributed by atoms with Crippen LogP contribution in [0.3, 0.4) is 0 Å². The van der Waals surface area contributed by atoms with Crippen LogP contribution in [-0.4, -0.2) is 38.4 Å². The standard InChI is InChI=1S/C22H26N2O4/c1-2-12-27-21-11-4-3-10-20(21)24-22(25)15-23-17-7-5-8-18(14-17)28-16-19-9-6-13-26-19/h2-5,7-8,10-11,14,19,23H,1,6,9,12-13,15-16H2,(H,24,25). The van der Waals surface area contributed by atoms with Crippen LogP contribution in [0.25, 0.3) is 0 Å². The number of anilines is 2. The summed E-state index contributed by atoms with van der Waals surface area (Å²) >= 11 is 0. The van der Waals surface area contributed by atoms with E-state index in [4.69, 9.17) is 14.2 Å². The molecule has 1 fully saturated rings. The molecule has 1 amide bonds. The Morgan fingerprint density at radius 1 is 1.21 bits per heavy atom. The Morgan fingerprint density at radius 3 is 2.93 bits per heavy atom. The van der Waals surface area contributed by atoms with Crippen LogP contribution in [0, 0.1) is 0 Å². The number of carbonyl (C=O) groups is 1. The molecule has 148 valence electrons. The highest BCUT2D eigenvalue weighted by molar-refractivity contribution is 5.95. The molecule has 28 heavy (non-hydrogen) atoms. The molecule has 6 heteroatoms. The molecular formula is C22H26N2O4. The predicted octanol–water partition coefficient (Wildman–Crippen LogP) is 3.86. The maximum absolute atomic E-state index is 12.3. The van der Waals surface area contributed by atoms with Gasteiger partial charge in [-0.05, 0) is 37.1 Å². The van der Waals surface area contributed by atoms with Gasteiger partial charge in [-0.25, -0.2) is 0 Å². The summed E-state index contributed by atoms with van der Waals surface area (Å²) in [5.74, 6) is 1.20. The first kappa shape index (κ1) is 19.8. The van der Waals surface area contributed by atoms with Gasteiger partial charge in [0.2, 0.25) is 5.91 Å². The molecule has 0 spiro atoms. The Hall–Kier alpha value is -2.99. The molecule has 0 bridgehead atoms. The number of rotatable bonds is 10. The molecule has 1 unspecified atom stereocenters. The Kier molecular flexibility index (Phi) is 7.32. The molecule has 1 heterocycles. The van der Waals surface area contributed by atoms with Crippen molar-refractivity contribution in [3.05, 3.63) is 61.2 Å². The highest BCUT2D eigenvalue weighted by Crippen LogP contribution is 2.24. The SMILES string of the molecule is C=CCOc1ccccc1NC(=O)CNc1cccc(OCC2CCCO2)c1. The van der Waals surface area contributed by atoms with Crippen molar-refractivity contribution in [3.8, 4) is 11.5 Å². The molecule has 2 N–H and O–H groups in total. The molecule has 0 radical (unpaired) electrons. The Bertz CT molecular complexity index is 788. The second-order valence-corrected chi connectivity index (χ2v) is 6.47. The van der Waals surface area contributed by atoms with Gasteiger partial charge in [0.1, 0.15) is 24.7 Å². The molecule has 0 aromatic heterocycles. The molecule has 1 aliphatic heterocycles. The summed E-state index contributed by atoms with van der Waals surface area (Å²) in [5.41, 5.74) is 1.45. The topological polar surface area (TPSA) is 68.8 Å². The van der Waals surface area contributed by atoms with Crippen LogP contribution < -0.4 is 20.1 Å². The van der Waals surface area contributed by atoms with Crippen molar-refractivity contribution in [2.75, 3.05) is 37.0 Å². The van der Waals surface area contributed by atoms with Crippen molar-refractivity contribution in [2.45, 2.75) is 18.9 Å². The number of amides is 1. The zero-order chi connectivity index (χ0) is 19.6. The molecule has 3 rings (SSSR count). The van der Waals surface area contributed by atoms with E-state index >= 15 is 0 Å². The van der Waals surface area contributed by atoms with Gasteiger partial charge in [-0.2, -0.15) is 0 Å². The number of hydrogen-bond donors (Lipinski definition) is 2. The minimum atomic E-state index is -0.166. The van der Waals surface area contributed by atoms with Gasteiger partial charge < -0.3 is 24.8 Å². The Balaban J connectivity index is 1.49. The van der Waals surface area contributed by atoms with Crippen LogP contribution in [0.15, 0.2) is 61.2 Å². The number of hydrogen-bond acceptors (Lipinski definition) is 5. The average molecular weight is 382 g/mol. The van der Waals surface area contributed by atoms with E-state index < -0.39 is 0 Å². The molecule has 1 aliphatic rings. The van der Waals surface area contributed by atoms with E-state index in [0.29, 0.717) is 24.7 Å². The van der Waals surface area contributed by atoms with Crippen molar-refractivity contribution < 1.29 is 19.0 Å². The number of nitrogens with one attached hydrogen (secondary N) is 2. The summed E-state index contributed by atoms with van der Waals surface area (Å²) in [5, 5.41) is 5.97. The van der Waals surface area contributed by atoms with Crippen LogP contribution in [0.5, 0.6) is 11.5 Å². The first-order chi connectivity index (χ1) is 13.7. The second-order valence-electron chi connectivity index (χ2n) is 6.47. The minimum absolute atomic E-state index is 0.130. The summed E-state index contributed by atoms with van der Waals surface area (Å²) in [6, 6.07) is 14.9. The van der Waals surface area contributed by atoms with Gasteiger partial charge in [0.05, 0.1) is 18.3 Å². The molecule has 2 aromatic carbocycles. The van der Waals surface area contributed by atoms with Crippen molar-refractivity contribution in [3.63, 3.8) is 0 Å². The highest BCUT2D eigenvalue weighted by atomic mass is 16.5. The zero-order valence-corrected chi connectivity index (χ0v) is 15.9. The van der Waals surface area contributed by atoms with Crippen molar-refractivity contribution in [1.82, 2.24) is 0 Å². The summed E-state index contributed by atoms with van der Waals surface area (Å²) in [7, 11) is 0. The van der Waals surface area contributed by atoms with Gasteiger partial charge in [-0.15, -0.1) is 0 Å². The van der Waals surface area contributed by atoms with Crippen molar-refractivity contribution in [1.29, 1.82) is 0 Å². The number of benzene rings is 2. The highest BCUT2D eigenvalue weighted by Gasteiger charge is 2.16. The maximum atomic E-state index is 12.3. The van der Waals surface area contributed by atoms with E-state index in [1.807, 2.05) is 36.4 Å². The lowest BCUT2D eigenvalue weighted by molar-refractivity contribution is -0.114. The molecule has 1 saturated heterocycles. The first-order valence-electron chi connectivity index (χ1n) is 9.45.